The molecule has 1 aromatic heterocycles. The van der Waals surface area contributed by atoms with Crippen molar-refractivity contribution in [3.8, 4) is 5.75 Å². The van der Waals surface area contributed by atoms with Gasteiger partial charge in [-0.05, 0) is 23.1 Å². The maximum atomic E-state index is 13.4. The number of hydrogen-bond acceptors (Lipinski definition) is 5. The zero-order valence-corrected chi connectivity index (χ0v) is 19.1. The number of azide groups is 1. The lowest BCUT2D eigenvalue weighted by Crippen LogP contribution is -2.19. The lowest BCUT2D eigenvalue weighted by atomic mass is 10.1. The monoisotopic (exact) mass is 479 g/mol. The number of benzene rings is 2. The molecule has 0 saturated carbocycles. The van der Waals surface area contributed by atoms with E-state index in [1.54, 1.807) is 0 Å². The van der Waals surface area contributed by atoms with E-state index < -0.39 is 10.1 Å². The van der Waals surface area contributed by atoms with Crippen LogP contribution in [0.3, 0.4) is 0 Å². The molecule has 3 rings (SSSR count). The fraction of sp³-hybridized carbons (Fsp3) is 0.250. The molecule has 0 N–H and O–H groups in total. The Kier molecular flexibility index (Phi) is 7.12. The summed E-state index contributed by atoms with van der Waals surface area (Å²) in [6, 6.07) is 13.5. The molecule has 0 aliphatic rings. The molecule has 0 amide bonds. The number of aromatic nitrogens is 2. The molecule has 3 aromatic rings. The van der Waals surface area contributed by atoms with Gasteiger partial charge in [0, 0.05) is 27.1 Å². The van der Waals surface area contributed by atoms with Gasteiger partial charge in [-0.1, -0.05) is 72.5 Å². The molecule has 8 nitrogen and oxygen atoms in total. The highest BCUT2D eigenvalue weighted by Crippen LogP contribution is 2.31. The van der Waals surface area contributed by atoms with E-state index in [4.69, 9.17) is 32.9 Å². The molecule has 0 saturated heterocycles. The largest absolute Gasteiger partial charge is 0.378 e. The fourth-order valence-electron chi connectivity index (χ4n) is 3.03. The molecule has 162 valence electrons. The van der Waals surface area contributed by atoms with Gasteiger partial charge in [0.15, 0.2) is 5.03 Å². The standard InChI is InChI=1S/C20H19Cl2N5O3S/c1-13(2)19-20(31(28,29)30-17-9-15(21)8-16(22)10-17)27(18(25-19)11-24-26-23)12-14-6-4-3-5-7-14/h3-10,13H,11-12H2,1-2H3. The third-order valence-electron chi connectivity index (χ3n) is 4.31. The van der Waals surface area contributed by atoms with Gasteiger partial charge in [-0.2, -0.15) is 8.42 Å². The molecule has 0 fully saturated rings. The van der Waals surface area contributed by atoms with Crippen LogP contribution in [0.5, 0.6) is 5.75 Å². The summed E-state index contributed by atoms with van der Waals surface area (Å²) in [6.45, 7) is 3.73. The van der Waals surface area contributed by atoms with Gasteiger partial charge in [-0.25, -0.2) is 4.98 Å². The zero-order chi connectivity index (χ0) is 22.6. The second-order valence-corrected chi connectivity index (χ2v) is 9.31. The van der Waals surface area contributed by atoms with E-state index in [1.807, 2.05) is 44.2 Å². The average Bonchev–Trinajstić information content (AvgIpc) is 3.05. The van der Waals surface area contributed by atoms with E-state index in [0.29, 0.717) is 11.5 Å². The minimum atomic E-state index is -4.33. The van der Waals surface area contributed by atoms with E-state index in [2.05, 4.69) is 15.0 Å². The van der Waals surface area contributed by atoms with Crippen LogP contribution in [0, 0.1) is 0 Å². The number of nitrogens with zero attached hydrogens (tertiary/aromatic N) is 5. The normalized spacial score (nSPS) is 11.4. The first-order valence-corrected chi connectivity index (χ1v) is 11.4. The molecule has 0 unspecified atom stereocenters. The highest BCUT2D eigenvalue weighted by molar-refractivity contribution is 7.87. The van der Waals surface area contributed by atoms with Crippen molar-refractivity contribution in [1.29, 1.82) is 0 Å². The Morgan fingerprint density at radius 3 is 2.39 bits per heavy atom. The molecule has 0 atom stereocenters. The van der Waals surface area contributed by atoms with E-state index in [0.717, 1.165) is 5.56 Å². The molecule has 0 spiro atoms. The second-order valence-electron chi connectivity index (χ2n) is 6.98. The molecular weight excluding hydrogens is 461 g/mol. The van der Waals surface area contributed by atoms with Crippen LogP contribution in [0.15, 0.2) is 58.7 Å². The topological polar surface area (TPSA) is 110 Å². The summed E-state index contributed by atoms with van der Waals surface area (Å²) in [7, 11) is -4.33. The van der Waals surface area contributed by atoms with Crippen molar-refractivity contribution in [1.82, 2.24) is 9.55 Å². The summed E-state index contributed by atoms with van der Waals surface area (Å²) >= 11 is 12.0. The highest BCUT2D eigenvalue weighted by atomic mass is 35.5. The van der Waals surface area contributed by atoms with Crippen molar-refractivity contribution < 1.29 is 12.6 Å². The molecule has 1 heterocycles. The Bertz CT molecular complexity index is 1220. The van der Waals surface area contributed by atoms with Gasteiger partial charge in [0.25, 0.3) is 0 Å². The van der Waals surface area contributed by atoms with Crippen LogP contribution in [0.2, 0.25) is 10.0 Å². The van der Waals surface area contributed by atoms with E-state index >= 15 is 0 Å². The third kappa shape index (κ3) is 5.51. The highest BCUT2D eigenvalue weighted by Gasteiger charge is 2.31. The smallest absolute Gasteiger partial charge is 0.357 e. The summed E-state index contributed by atoms with van der Waals surface area (Å²) < 4.78 is 33.6. The Hall–Kier alpha value is -2.71. The minimum Gasteiger partial charge on any atom is -0.378 e. The van der Waals surface area contributed by atoms with Crippen LogP contribution in [-0.2, 0) is 23.2 Å². The van der Waals surface area contributed by atoms with Gasteiger partial charge in [-0.15, -0.1) is 0 Å². The van der Waals surface area contributed by atoms with Crippen LogP contribution in [0.4, 0.5) is 0 Å². The van der Waals surface area contributed by atoms with Crippen molar-refractivity contribution in [2.24, 2.45) is 5.11 Å². The van der Waals surface area contributed by atoms with E-state index in [1.165, 1.54) is 22.8 Å². The number of halogens is 2. The lowest BCUT2D eigenvalue weighted by Gasteiger charge is -2.14. The van der Waals surface area contributed by atoms with Crippen molar-refractivity contribution >= 4 is 33.3 Å². The summed E-state index contributed by atoms with van der Waals surface area (Å²) in [5.74, 6) is 0.0612. The SMILES string of the molecule is CC(C)c1nc(CN=[N+]=[N-])n(Cc2ccccc2)c1S(=O)(=O)Oc1cc(Cl)cc(Cl)c1. The van der Waals surface area contributed by atoms with Gasteiger partial charge < -0.3 is 8.75 Å². The first-order chi connectivity index (χ1) is 14.7. The Morgan fingerprint density at radius 2 is 1.81 bits per heavy atom. The molecule has 0 aliphatic heterocycles. The van der Waals surface area contributed by atoms with Crippen LogP contribution < -0.4 is 4.18 Å². The van der Waals surface area contributed by atoms with Gasteiger partial charge >= 0.3 is 10.1 Å². The fourth-order valence-corrected chi connectivity index (χ4v) is 4.94. The summed E-state index contributed by atoms with van der Waals surface area (Å²) in [6.07, 6.45) is 0. The Morgan fingerprint density at radius 1 is 1.16 bits per heavy atom. The lowest BCUT2D eigenvalue weighted by molar-refractivity contribution is 0.471. The van der Waals surface area contributed by atoms with Gasteiger partial charge in [0.1, 0.15) is 11.6 Å². The van der Waals surface area contributed by atoms with Gasteiger partial charge in [0.2, 0.25) is 0 Å². The molecule has 31 heavy (non-hydrogen) atoms. The van der Waals surface area contributed by atoms with Gasteiger partial charge in [0.05, 0.1) is 18.8 Å². The summed E-state index contributed by atoms with van der Waals surface area (Å²) in [5, 5.41) is 3.95. The first kappa shape index (κ1) is 23.0. The van der Waals surface area contributed by atoms with Crippen LogP contribution in [0.25, 0.3) is 10.4 Å². The minimum absolute atomic E-state index is 0.0173. The van der Waals surface area contributed by atoms with E-state index in [9.17, 15) is 8.42 Å². The molecule has 0 aliphatic carbocycles. The molecule has 2 aromatic carbocycles. The number of rotatable bonds is 8. The van der Waals surface area contributed by atoms with Crippen molar-refractivity contribution in [2.75, 3.05) is 0 Å². The molecule has 0 bridgehead atoms. The third-order valence-corrected chi connectivity index (χ3v) is 6.06. The first-order valence-electron chi connectivity index (χ1n) is 9.26. The number of hydrogen-bond donors (Lipinski definition) is 0. The summed E-state index contributed by atoms with van der Waals surface area (Å²) in [4.78, 5) is 7.25. The van der Waals surface area contributed by atoms with Crippen LogP contribution in [0.1, 0.15) is 36.8 Å². The zero-order valence-electron chi connectivity index (χ0n) is 16.7. The van der Waals surface area contributed by atoms with Crippen molar-refractivity contribution in [3.05, 3.63) is 86.1 Å². The number of imidazole rings is 1. The second kappa shape index (κ2) is 9.62. The Labute approximate surface area is 190 Å². The molecule has 0 radical (unpaired) electrons. The Balaban J connectivity index is 2.17. The van der Waals surface area contributed by atoms with Crippen molar-refractivity contribution in [3.63, 3.8) is 0 Å². The maximum Gasteiger partial charge on any atom is 0.357 e. The van der Waals surface area contributed by atoms with Gasteiger partial charge in [-0.3, -0.25) is 0 Å². The predicted octanol–water partition coefficient (Wildman–Crippen LogP) is 5.94. The predicted molar refractivity (Wildman–Crippen MR) is 119 cm³/mol. The maximum absolute atomic E-state index is 13.4. The van der Waals surface area contributed by atoms with Crippen LogP contribution in [-0.4, -0.2) is 18.0 Å². The quantitative estimate of drug-likeness (QED) is 0.172. The van der Waals surface area contributed by atoms with Crippen LogP contribution >= 0.6 is 23.2 Å². The van der Waals surface area contributed by atoms with Crippen molar-refractivity contribution in [2.45, 2.75) is 37.9 Å². The molecular formula is C20H19Cl2N5O3S. The summed E-state index contributed by atoms with van der Waals surface area (Å²) in [5.41, 5.74) is 9.91. The molecule has 11 heteroatoms. The van der Waals surface area contributed by atoms with E-state index in [-0.39, 0.29) is 39.8 Å². The average molecular weight is 480 g/mol.